The van der Waals surface area contributed by atoms with Gasteiger partial charge in [0.15, 0.2) is 0 Å². The first-order chi connectivity index (χ1) is 16.8. The summed E-state index contributed by atoms with van der Waals surface area (Å²) < 4.78 is 41.4. The van der Waals surface area contributed by atoms with Crippen LogP contribution in [0.3, 0.4) is 0 Å². The van der Waals surface area contributed by atoms with Crippen molar-refractivity contribution >= 4 is 5.95 Å². The zero-order valence-electron chi connectivity index (χ0n) is 19.0. The number of hydrogen-bond donors (Lipinski definition) is 2. The van der Waals surface area contributed by atoms with Crippen molar-refractivity contribution in [1.82, 2.24) is 14.5 Å². The lowest BCUT2D eigenvalue weighted by atomic mass is 9.99. The van der Waals surface area contributed by atoms with Crippen molar-refractivity contribution in [2.24, 2.45) is 12.8 Å². The highest BCUT2D eigenvalue weighted by atomic mass is 19.4. The second kappa shape index (κ2) is 10.1. The molecule has 6 nitrogen and oxygen atoms in total. The number of pyridine rings is 1. The molecule has 0 fully saturated rings. The smallest absolute Gasteiger partial charge is 0.355 e. The maximum atomic E-state index is 13.4. The second-order valence-corrected chi connectivity index (χ2v) is 8.07. The first-order valence-corrected chi connectivity index (χ1v) is 11.0. The van der Waals surface area contributed by atoms with E-state index in [-0.39, 0.29) is 28.8 Å². The molecule has 0 aliphatic heterocycles. The van der Waals surface area contributed by atoms with Gasteiger partial charge in [0, 0.05) is 37.6 Å². The van der Waals surface area contributed by atoms with E-state index >= 15 is 0 Å². The molecule has 0 amide bonds. The summed E-state index contributed by atoms with van der Waals surface area (Å²) in [7, 11) is 1.53. The van der Waals surface area contributed by atoms with Gasteiger partial charge in [0.25, 0.3) is 5.56 Å². The lowest BCUT2D eigenvalue weighted by Crippen LogP contribution is -2.26. The van der Waals surface area contributed by atoms with Gasteiger partial charge >= 0.3 is 6.18 Å². The third-order valence-electron chi connectivity index (χ3n) is 5.69. The zero-order valence-corrected chi connectivity index (χ0v) is 19.0. The van der Waals surface area contributed by atoms with E-state index < -0.39 is 17.3 Å². The van der Waals surface area contributed by atoms with Gasteiger partial charge in [-0.25, -0.2) is 4.98 Å². The van der Waals surface area contributed by atoms with Crippen molar-refractivity contribution in [3.05, 3.63) is 101 Å². The fourth-order valence-corrected chi connectivity index (χ4v) is 3.80. The van der Waals surface area contributed by atoms with Crippen LogP contribution in [0.25, 0.3) is 22.4 Å². The van der Waals surface area contributed by atoms with Gasteiger partial charge < -0.3 is 11.1 Å². The Morgan fingerprint density at radius 2 is 1.71 bits per heavy atom. The van der Waals surface area contributed by atoms with Crippen LogP contribution in [0.1, 0.15) is 23.6 Å². The molecule has 0 saturated carbocycles. The number of nitrogens with one attached hydrogen (secondary N) is 1. The van der Waals surface area contributed by atoms with Gasteiger partial charge in [0.2, 0.25) is 5.95 Å². The summed E-state index contributed by atoms with van der Waals surface area (Å²) in [5.41, 5.74) is 7.00. The minimum Gasteiger partial charge on any atom is -0.355 e. The monoisotopic (exact) mass is 479 g/mol. The Bertz CT molecular complexity index is 1360. The van der Waals surface area contributed by atoms with Crippen LogP contribution in [0.5, 0.6) is 0 Å². The minimum absolute atomic E-state index is 0.0799. The number of nitrogens with zero attached hydrogens (tertiary/aromatic N) is 3. The van der Waals surface area contributed by atoms with Crippen LogP contribution >= 0.6 is 0 Å². The fourth-order valence-electron chi connectivity index (χ4n) is 3.80. The molecule has 0 aliphatic carbocycles. The molecule has 0 saturated heterocycles. The first-order valence-electron chi connectivity index (χ1n) is 11.0. The molecule has 2 heterocycles. The normalized spacial score (nSPS) is 12.4. The maximum Gasteiger partial charge on any atom is 0.416 e. The van der Waals surface area contributed by atoms with Crippen LogP contribution in [0.4, 0.5) is 19.1 Å². The molecular formula is C26H24F3N5O. The number of rotatable bonds is 7. The highest BCUT2D eigenvalue weighted by molar-refractivity contribution is 5.81. The maximum absolute atomic E-state index is 13.4. The summed E-state index contributed by atoms with van der Waals surface area (Å²) in [6, 6.07) is 17.5. The molecule has 4 aromatic rings. The highest BCUT2D eigenvalue weighted by Gasteiger charge is 2.31. The number of alkyl halides is 3. The van der Waals surface area contributed by atoms with Gasteiger partial charge in [-0.3, -0.25) is 14.3 Å². The molecule has 0 radical (unpaired) electrons. The SMILES string of the molecule is Cn1c(NCC[C@@H](N)c2ccccc2)nc(-c2ccncc2)c(-c2cccc(C(F)(F)F)c2)c1=O. The van der Waals surface area contributed by atoms with Crippen LogP contribution in [-0.4, -0.2) is 21.1 Å². The van der Waals surface area contributed by atoms with Gasteiger partial charge in [-0.1, -0.05) is 42.5 Å². The quantitative estimate of drug-likeness (QED) is 0.388. The topological polar surface area (TPSA) is 85.8 Å². The number of aromatic nitrogens is 3. The largest absolute Gasteiger partial charge is 0.416 e. The van der Waals surface area contributed by atoms with E-state index in [2.05, 4.69) is 15.3 Å². The summed E-state index contributed by atoms with van der Waals surface area (Å²) >= 11 is 0. The van der Waals surface area contributed by atoms with Gasteiger partial charge in [-0.15, -0.1) is 0 Å². The molecule has 2 aromatic heterocycles. The van der Waals surface area contributed by atoms with E-state index in [0.717, 1.165) is 17.7 Å². The van der Waals surface area contributed by atoms with Crippen molar-refractivity contribution in [3.63, 3.8) is 0 Å². The van der Waals surface area contributed by atoms with Crippen molar-refractivity contribution in [2.45, 2.75) is 18.6 Å². The summed E-state index contributed by atoms with van der Waals surface area (Å²) in [6.07, 6.45) is -0.878. The Labute approximate surface area is 200 Å². The molecule has 0 bridgehead atoms. The lowest BCUT2D eigenvalue weighted by molar-refractivity contribution is -0.137. The van der Waals surface area contributed by atoms with E-state index in [1.165, 1.54) is 36.1 Å². The predicted molar refractivity (Wildman–Crippen MR) is 130 cm³/mol. The molecular weight excluding hydrogens is 455 g/mol. The van der Waals surface area contributed by atoms with Crippen molar-refractivity contribution in [1.29, 1.82) is 0 Å². The molecule has 1 atom stereocenters. The van der Waals surface area contributed by atoms with Crippen molar-refractivity contribution < 1.29 is 13.2 Å². The Morgan fingerprint density at radius 1 is 1.00 bits per heavy atom. The zero-order chi connectivity index (χ0) is 25.0. The van der Waals surface area contributed by atoms with Crippen LogP contribution in [0, 0.1) is 0 Å². The Balaban J connectivity index is 1.72. The fraction of sp³-hybridized carbons (Fsp3) is 0.192. The third kappa shape index (κ3) is 5.41. The second-order valence-electron chi connectivity index (χ2n) is 8.07. The first kappa shape index (κ1) is 24.2. The van der Waals surface area contributed by atoms with Gasteiger partial charge in [0.05, 0.1) is 16.8 Å². The van der Waals surface area contributed by atoms with E-state index in [1.54, 1.807) is 12.1 Å². The average Bonchev–Trinajstić information content (AvgIpc) is 2.87. The number of benzene rings is 2. The third-order valence-corrected chi connectivity index (χ3v) is 5.69. The number of anilines is 1. The molecule has 4 rings (SSSR count). The summed E-state index contributed by atoms with van der Waals surface area (Å²) in [5.74, 6) is 0.290. The molecule has 3 N–H and O–H groups in total. The van der Waals surface area contributed by atoms with Crippen molar-refractivity contribution in [2.75, 3.05) is 11.9 Å². The van der Waals surface area contributed by atoms with Gasteiger partial charge in [-0.2, -0.15) is 13.2 Å². The number of nitrogens with two attached hydrogens (primary N) is 1. The average molecular weight is 480 g/mol. The molecule has 0 aliphatic rings. The van der Waals surface area contributed by atoms with Crippen LogP contribution in [-0.2, 0) is 13.2 Å². The Morgan fingerprint density at radius 3 is 2.40 bits per heavy atom. The van der Waals surface area contributed by atoms with E-state index in [4.69, 9.17) is 5.73 Å². The standard InChI is InChI=1S/C26H24F3N5O/c1-34-24(35)22(19-8-5-9-20(16-19)26(27,28)29)23(18-10-13-31-14-11-18)33-25(34)32-15-12-21(30)17-6-3-2-4-7-17/h2-11,13-14,16,21H,12,15,30H2,1H3,(H,32,33)/t21-/m1/s1. The van der Waals surface area contributed by atoms with Crippen LogP contribution in [0.2, 0.25) is 0 Å². The molecule has 0 spiro atoms. The lowest BCUT2D eigenvalue weighted by Gasteiger charge is -2.18. The van der Waals surface area contributed by atoms with E-state index in [9.17, 15) is 18.0 Å². The van der Waals surface area contributed by atoms with E-state index in [0.29, 0.717) is 18.5 Å². The van der Waals surface area contributed by atoms with Gasteiger partial charge in [-0.05, 0) is 41.8 Å². The Hall–Kier alpha value is -3.98. The van der Waals surface area contributed by atoms with Crippen molar-refractivity contribution in [3.8, 4) is 22.4 Å². The molecule has 9 heteroatoms. The van der Waals surface area contributed by atoms with Crippen LogP contribution < -0.4 is 16.6 Å². The molecule has 35 heavy (non-hydrogen) atoms. The van der Waals surface area contributed by atoms with Crippen LogP contribution in [0.15, 0.2) is 83.9 Å². The summed E-state index contributed by atoms with van der Waals surface area (Å²) in [5, 5.41) is 3.16. The molecule has 180 valence electrons. The number of halogens is 3. The van der Waals surface area contributed by atoms with Gasteiger partial charge in [0.1, 0.15) is 0 Å². The van der Waals surface area contributed by atoms with E-state index in [1.807, 2.05) is 30.3 Å². The Kier molecular flexibility index (Phi) is 6.97. The highest BCUT2D eigenvalue weighted by Crippen LogP contribution is 2.34. The predicted octanol–water partition coefficient (Wildman–Crippen LogP) is 5.03. The minimum atomic E-state index is -4.54. The molecule has 2 aromatic carbocycles. The number of hydrogen-bond acceptors (Lipinski definition) is 5. The summed E-state index contributed by atoms with van der Waals surface area (Å²) in [4.78, 5) is 22.1. The molecule has 0 unspecified atom stereocenters. The summed E-state index contributed by atoms with van der Waals surface area (Å²) in [6.45, 7) is 0.440.